The zero-order valence-corrected chi connectivity index (χ0v) is 14.1. The van der Waals surface area contributed by atoms with Gasteiger partial charge in [0.25, 0.3) is 0 Å². The molecule has 0 amide bonds. The Balaban J connectivity index is 0. The molecular formula is C10H28O6Si2. The van der Waals surface area contributed by atoms with Crippen LogP contribution >= 0.6 is 0 Å². The second-order valence-electron chi connectivity index (χ2n) is 3.26. The summed E-state index contributed by atoms with van der Waals surface area (Å²) >= 11 is 0. The lowest BCUT2D eigenvalue weighted by Crippen LogP contribution is -2.46. The minimum Gasteiger partial charge on any atom is -0.438 e. The third-order valence-corrected chi connectivity index (χ3v) is 6.36. The van der Waals surface area contributed by atoms with Crippen LogP contribution in [0.1, 0.15) is 20.8 Å². The second-order valence-corrected chi connectivity index (χ2v) is 7.14. The van der Waals surface area contributed by atoms with Gasteiger partial charge in [-0.3, -0.25) is 0 Å². The van der Waals surface area contributed by atoms with E-state index in [1.807, 2.05) is 20.8 Å². The van der Waals surface area contributed by atoms with Crippen LogP contribution in [0.25, 0.3) is 0 Å². The zero-order valence-electron chi connectivity index (χ0n) is 11.7. The van der Waals surface area contributed by atoms with Crippen molar-refractivity contribution in [1.29, 1.82) is 0 Å². The average Bonchev–Trinajstić information content (AvgIpc) is 2.38. The fourth-order valence-corrected chi connectivity index (χ4v) is 5.66. The molecule has 0 fully saturated rings. The van der Waals surface area contributed by atoms with Crippen molar-refractivity contribution in [2.75, 3.05) is 33.0 Å². The maximum Gasteiger partial charge on any atom is 0.500 e. The van der Waals surface area contributed by atoms with Crippen molar-refractivity contribution in [2.24, 2.45) is 0 Å². The lowest BCUT2D eigenvalue weighted by atomic mass is 10.8. The molecule has 3 N–H and O–H groups in total. The van der Waals surface area contributed by atoms with Gasteiger partial charge in [-0.1, -0.05) is 0 Å². The van der Waals surface area contributed by atoms with E-state index >= 15 is 0 Å². The number of hydrogen-bond acceptors (Lipinski definition) is 6. The highest BCUT2D eigenvalue weighted by molar-refractivity contribution is 6.61. The molecule has 0 unspecified atom stereocenters. The number of aliphatic hydroxyl groups excluding tert-OH is 2. The second kappa shape index (κ2) is 15.3. The molecule has 112 valence electrons. The fraction of sp³-hybridized carbons (Fsp3) is 1.00. The molecule has 6 nitrogen and oxygen atoms in total. The third kappa shape index (κ3) is 11.3. The Labute approximate surface area is 113 Å². The topological polar surface area (TPSA) is 88.4 Å². The van der Waals surface area contributed by atoms with E-state index in [1.54, 1.807) is 0 Å². The molecule has 0 heterocycles. The SMILES string of the molecule is CCO[Si](CC[SiH2]O)(OCC)OCC.OCCO. The summed E-state index contributed by atoms with van der Waals surface area (Å²) in [5.74, 6) is 0. The highest BCUT2D eigenvalue weighted by Crippen LogP contribution is 2.17. The van der Waals surface area contributed by atoms with Gasteiger partial charge >= 0.3 is 8.80 Å². The molecule has 0 spiro atoms. The molecule has 0 aliphatic rings. The molecule has 0 saturated carbocycles. The van der Waals surface area contributed by atoms with E-state index in [4.69, 9.17) is 28.3 Å². The van der Waals surface area contributed by atoms with Crippen molar-refractivity contribution in [3.05, 3.63) is 0 Å². The predicted octanol–water partition coefficient (Wildman–Crippen LogP) is -0.500. The monoisotopic (exact) mass is 300 g/mol. The van der Waals surface area contributed by atoms with E-state index in [0.29, 0.717) is 19.8 Å². The van der Waals surface area contributed by atoms with E-state index in [0.717, 1.165) is 12.1 Å². The number of hydrogen-bond donors (Lipinski definition) is 3. The summed E-state index contributed by atoms with van der Waals surface area (Å²) in [4.78, 5) is 8.93. The molecule has 0 aromatic carbocycles. The molecule has 18 heavy (non-hydrogen) atoms. The summed E-state index contributed by atoms with van der Waals surface area (Å²) in [6.45, 7) is 7.40. The normalized spacial score (nSPS) is 11.7. The Morgan fingerprint density at radius 3 is 1.50 bits per heavy atom. The lowest BCUT2D eigenvalue weighted by Gasteiger charge is -2.28. The Bertz CT molecular complexity index is 142. The summed E-state index contributed by atoms with van der Waals surface area (Å²) in [7, 11) is -3.36. The molecule has 0 saturated heterocycles. The Hall–Kier alpha value is 0.194. The maximum atomic E-state index is 8.93. The number of rotatable bonds is 10. The van der Waals surface area contributed by atoms with Crippen LogP contribution in [-0.4, -0.2) is 66.6 Å². The first-order valence-corrected chi connectivity index (χ1v) is 9.97. The molecule has 0 bridgehead atoms. The Kier molecular flexibility index (Phi) is 17.4. The molecular weight excluding hydrogens is 272 g/mol. The van der Waals surface area contributed by atoms with E-state index in [1.165, 1.54) is 0 Å². The summed E-state index contributed by atoms with van der Waals surface area (Å²) < 4.78 is 16.9. The van der Waals surface area contributed by atoms with Crippen LogP contribution in [0.5, 0.6) is 0 Å². The van der Waals surface area contributed by atoms with Gasteiger partial charge in [0.15, 0.2) is 9.76 Å². The van der Waals surface area contributed by atoms with Gasteiger partial charge in [0.1, 0.15) is 0 Å². The lowest BCUT2D eigenvalue weighted by molar-refractivity contribution is 0.0724. The van der Waals surface area contributed by atoms with Gasteiger partial charge in [-0.15, -0.1) is 0 Å². The van der Waals surface area contributed by atoms with Crippen LogP contribution in [0.2, 0.25) is 12.1 Å². The van der Waals surface area contributed by atoms with Crippen molar-refractivity contribution < 1.29 is 28.3 Å². The molecule has 0 rings (SSSR count). The predicted molar refractivity (Wildman–Crippen MR) is 75.2 cm³/mol. The van der Waals surface area contributed by atoms with E-state index < -0.39 is 18.6 Å². The van der Waals surface area contributed by atoms with E-state index in [-0.39, 0.29) is 13.2 Å². The van der Waals surface area contributed by atoms with Gasteiger partial charge in [-0.05, 0) is 26.8 Å². The van der Waals surface area contributed by atoms with Crippen molar-refractivity contribution in [1.82, 2.24) is 0 Å². The smallest absolute Gasteiger partial charge is 0.438 e. The average molecular weight is 300 g/mol. The molecule has 0 aromatic rings. The summed E-state index contributed by atoms with van der Waals surface area (Å²) in [5, 5.41) is 15.2. The molecule has 0 radical (unpaired) electrons. The zero-order chi connectivity index (χ0) is 14.3. The van der Waals surface area contributed by atoms with Crippen molar-refractivity contribution in [3.8, 4) is 0 Å². The van der Waals surface area contributed by atoms with E-state index in [9.17, 15) is 0 Å². The minimum absolute atomic E-state index is 0.125. The van der Waals surface area contributed by atoms with Crippen LogP contribution < -0.4 is 0 Å². The summed E-state index contributed by atoms with van der Waals surface area (Å²) in [5.41, 5.74) is 0. The molecule has 0 aliphatic carbocycles. The summed E-state index contributed by atoms with van der Waals surface area (Å²) in [6, 6.07) is 1.57. The Morgan fingerprint density at radius 2 is 1.28 bits per heavy atom. The summed E-state index contributed by atoms with van der Waals surface area (Å²) in [6.07, 6.45) is 0. The van der Waals surface area contributed by atoms with Gasteiger partial charge in [0.2, 0.25) is 0 Å². The largest absolute Gasteiger partial charge is 0.500 e. The highest BCUT2D eigenvalue weighted by Gasteiger charge is 2.39. The first-order valence-electron chi connectivity index (χ1n) is 6.40. The fourth-order valence-electron chi connectivity index (χ4n) is 1.30. The first-order chi connectivity index (χ1) is 8.66. The van der Waals surface area contributed by atoms with Crippen LogP contribution in [0, 0.1) is 0 Å². The van der Waals surface area contributed by atoms with Crippen molar-refractivity contribution in [3.63, 3.8) is 0 Å². The minimum atomic E-state index is -2.44. The highest BCUT2D eigenvalue weighted by atomic mass is 28.4. The van der Waals surface area contributed by atoms with Crippen molar-refractivity contribution in [2.45, 2.75) is 32.9 Å². The number of aliphatic hydroxyl groups is 2. The molecule has 0 aromatic heterocycles. The Morgan fingerprint density at radius 1 is 0.889 bits per heavy atom. The van der Waals surface area contributed by atoms with Crippen LogP contribution in [-0.2, 0) is 13.3 Å². The van der Waals surface area contributed by atoms with Gasteiger partial charge in [-0.25, -0.2) is 0 Å². The standard InChI is InChI=1S/C8H22O4Si2.C2H6O2/c1-4-10-14(11-5-2,12-6-3)8-7-13-9;3-1-2-4/h9H,4-8,13H2,1-3H3;3-4H,1-2H2. The van der Waals surface area contributed by atoms with E-state index in [2.05, 4.69) is 0 Å². The van der Waals surface area contributed by atoms with Gasteiger partial charge in [0.05, 0.1) is 13.2 Å². The van der Waals surface area contributed by atoms with Crippen molar-refractivity contribution >= 4 is 18.6 Å². The van der Waals surface area contributed by atoms with Crippen LogP contribution in [0.4, 0.5) is 0 Å². The molecule has 0 aliphatic heterocycles. The molecule has 8 heteroatoms. The van der Waals surface area contributed by atoms with Gasteiger partial charge in [-0.2, -0.15) is 0 Å². The van der Waals surface area contributed by atoms with Gasteiger partial charge in [0, 0.05) is 25.9 Å². The maximum absolute atomic E-state index is 8.93. The third-order valence-electron chi connectivity index (χ3n) is 1.83. The van der Waals surface area contributed by atoms with Crippen LogP contribution in [0.3, 0.4) is 0 Å². The van der Waals surface area contributed by atoms with Crippen LogP contribution in [0.15, 0.2) is 0 Å². The molecule has 0 atom stereocenters. The quantitative estimate of drug-likeness (QED) is 0.472. The van der Waals surface area contributed by atoms with Gasteiger partial charge < -0.3 is 28.3 Å². The first kappa shape index (κ1) is 20.5.